The topological polar surface area (TPSA) is 72.8 Å². The van der Waals surface area contributed by atoms with Crippen LogP contribution in [-0.2, 0) is 19.1 Å². The Kier molecular flexibility index (Phi) is 66.8. The van der Waals surface area contributed by atoms with Crippen LogP contribution in [-0.4, -0.2) is 36.4 Å². The van der Waals surface area contributed by atoms with E-state index in [1.165, 1.54) is 218 Å². The first-order valence-corrected chi connectivity index (χ1v) is 34.4. The summed E-state index contributed by atoms with van der Waals surface area (Å²) in [5.74, 6) is -0.583. The summed E-state index contributed by atoms with van der Waals surface area (Å²) in [6, 6.07) is 0. The number of aliphatic hydroxyl groups is 1. The fourth-order valence-electron chi connectivity index (χ4n) is 9.92. The lowest BCUT2D eigenvalue weighted by molar-refractivity contribution is -0.161. The fourth-order valence-corrected chi connectivity index (χ4v) is 9.92. The Morgan fingerprint density at radius 2 is 0.537 bits per heavy atom. The van der Waals surface area contributed by atoms with Crippen molar-refractivity contribution in [1.29, 1.82) is 0 Å². The molecular weight excluding hydrogens is 981 g/mol. The quantitative estimate of drug-likeness (QED) is 0.0373. The van der Waals surface area contributed by atoms with Gasteiger partial charge in [0.15, 0.2) is 6.10 Å². The smallest absolute Gasteiger partial charge is 0.306 e. The van der Waals surface area contributed by atoms with Crippen LogP contribution in [0.5, 0.6) is 0 Å². The van der Waals surface area contributed by atoms with Gasteiger partial charge in [0, 0.05) is 12.8 Å². The summed E-state index contributed by atoms with van der Waals surface area (Å²) in [6.07, 6.45) is 101. The molecule has 0 aromatic carbocycles. The second-order valence-electron chi connectivity index (χ2n) is 22.9. The van der Waals surface area contributed by atoms with Crippen LogP contribution in [0.4, 0.5) is 0 Å². The molecule has 460 valence electrons. The zero-order valence-electron chi connectivity index (χ0n) is 52.8. The van der Waals surface area contributed by atoms with Gasteiger partial charge in [-0.3, -0.25) is 9.59 Å². The lowest BCUT2D eigenvalue weighted by Gasteiger charge is -2.15. The molecule has 0 spiro atoms. The van der Waals surface area contributed by atoms with Gasteiger partial charge in [-0.1, -0.05) is 329 Å². The number of unbranched alkanes of at least 4 members (excludes halogenated alkanes) is 37. The van der Waals surface area contributed by atoms with Crippen LogP contribution in [0.3, 0.4) is 0 Å². The Labute approximate surface area is 497 Å². The van der Waals surface area contributed by atoms with Crippen molar-refractivity contribution in [3.05, 3.63) is 109 Å². The molecule has 0 aliphatic rings. The molecule has 0 bridgehead atoms. The second kappa shape index (κ2) is 69.8. The van der Waals surface area contributed by atoms with Crippen molar-refractivity contribution in [2.24, 2.45) is 0 Å². The van der Waals surface area contributed by atoms with E-state index in [0.717, 1.165) is 89.9 Å². The normalized spacial score (nSPS) is 12.9. The predicted octanol–water partition coefficient (Wildman–Crippen LogP) is 24.0. The van der Waals surface area contributed by atoms with Crippen molar-refractivity contribution < 1.29 is 24.2 Å². The Hall–Kier alpha value is -3.44. The summed E-state index contributed by atoms with van der Waals surface area (Å²) in [5.41, 5.74) is 0. The van der Waals surface area contributed by atoms with Crippen LogP contribution in [0.25, 0.3) is 0 Å². The van der Waals surface area contributed by atoms with Crippen molar-refractivity contribution in [3.63, 3.8) is 0 Å². The number of esters is 2. The van der Waals surface area contributed by atoms with E-state index in [9.17, 15) is 14.7 Å². The van der Waals surface area contributed by atoms with E-state index in [1.54, 1.807) is 0 Å². The number of carbonyl (C=O) groups is 2. The van der Waals surface area contributed by atoms with Crippen LogP contribution >= 0.6 is 0 Å². The number of hydrogen-bond donors (Lipinski definition) is 1. The fraction of sp³-hybridized carbons (Fsp3) is 0.733. The van der Waals surface area contributed by atoms with Crippen LogP contribution in [0, 0.1) is 0 Å². The standard InChI is InChI=1S/C75H130O5/c1-3-5-7-9-11-13-15-17-19-21-23-25-27-29-31-33-34-35-36-37-38-39-40-42-44-46-48-50-52-54-56-58-60-62-64-66-68-70-75(78)80-73(71-76)72-79-74(77)69-67-65-63-61-59-57-55-53-51-49-47-45-43-41-32-30-28-26-24-22-20-18-16-14-12-10-8-6-4-2/h5,7,11,13,17,19,22-25,29,31,34-35,37-38,40,42,73,76H,3-4,6,8-10,12,14-16,18,20-21,26-28,30,32-33,36,39,41,43-72H2,1-2H3/b7-5-,13-11-,19-17-,24-22-,25-23-,31-29-,35-34-,38-37-,42-40-. The van der Waals surface area contributed by atoms with E-state index in [1.807, 2.05) is 0 Å². The summed E-state index contributed by atoms with van der Waals surface area (Å²) >= 11 is 0. The molecule has 1 N–H and O–H groups in total. The summed E-state index contributed by atoms with van der Waals surface area (Å²) in [4.78, 5) is 24.6. The number of carbonyl (C=O) groups excluding carboxylic acids is 2. The summed E-state index contributed by atoms with van der Waals surface area (Å²) < 4.78 is 10.8. The molecule has 0 amide bonds. The number of rotatable bonds is 63. The third kappa shape index (κ3) is 67.1. The van der Waals surface area contributed by atoms with Gasteiger partial charge in [-0.25, -0.2) is 0 Å². The van der Waals surface area contributed by atoms with Gasteiger partial charge in [0.2, 0.25) is 0 Å². The molecule has 0 heterocycles. The third-order valence-corrected chi connectivity index (χ3v) is 15.1. The highest BCUT2D eigenvalue weighted by Crippen LogP contribution is 2.17. The molecule has 0 aromatic heterocycles. The van der Waals surface area contributed by atoms with E-state index in [-0.39, 0.29) is 25.2 Å². The molecule has 80 heavy (non-hydrogen) atoms. The second-order valence-corrected chi connectivity index (χ2v) is 22.9. The molecule has 0 fully saturated rings. The van der Waals surface area contributed by atoms with Crippen LogP contribution in [0.1, 0.15) is 335 Å². The first kappa shape index (κ1) is 76.6. The van der Waals surface area contributed by atoms with Crippen molar-refractivity contribution in [2.45, 2.75) is 341 Å². The van der Waals surface area contributed by atoms with Gasteiger partial charge in [-0.05, 0) is 103 Å². The highest BCUT2D eigenvalue weighted by Gasteiger charge is 2.16. The highest BCUT2D eigenvalue weighted by atomic mass is 16.6. The zero-order chi connectivity index (χ0) is 57.6. The molecule has 0 rings (SSSR count). The highest BCUT2D eigenvalue weighted by molar-refractivity contribution is 5.70. The maximum absolute atomic E-state index is 12.4. The molecule has 5 heteroatoms. The number of ether oxygens (including phenoxy) is 2. The van der Waals surface area contributed by atoms with Crippen molar-refractivity contribution in [2.75, 3.05) is 13.2 Å². The van der Waals surface area contributed by atoms with Gasteiger partial charge in [0.25, 0.3) is 0 Å². The molecule has 0 saturated heterocycles. The van der Waals surface area contributed by atoms with Crippen LogP contribution < -0.4 is 0 Å². The third-order valence-electron chi connectivity index (χ3n) is 15.1. The summed E-state index contributed by atoms with van der Waals surface area (Å²) in [5, 5.41) is 9.70. The summed E-state index contributed by atoms with van der Waals surface area (Å²) in [7, 11) is 0. The summed E-state index contributed by atoms with van der Waals surface area (Å²) in [6.45, 7) is 4.06. The van der Waals surface area contributed by atoms with E-state index in [0.29, 0.717) is 12.8 Å². The Morgan fingerprint density at radius 3 is 0.825 bits per heavy atom. The minimum Gasteiger partial charge on any atom is -0.462 e. The van der Waals surface area contributed by atoms with Crippen LogP contribution in [0.2, 0.25) is 0 Å². The van der Waals surface area contributed by atoms with E-state index in [2.05, 4.69) is 123 Å². The maximum Gasteiger partial charge on any atom is 0.306 e. The first-order chi connectivity index (χ1) is 39.6. The number of aliphatic hydroxyl groups excluding tert-OH is 1. The maximum atomic E-state index is 12.4. The Balaban J connectivity index is 3.49. The van der Waals surface area contributed by atoms with Crippen molar-refractivity contribution in [1.82, 2.24) is 0 Å². The average molecular weight is 1110 g/mol. The lowest BCUT2D eigenvalue weighted by atomic mass is 10.0. The monoisotopic (exact) mass is 1110 g/mol. The molecule has 1 unspecified atom stereocenters. The van der Waals surface area contributed by atoms with Gasteiger partial charge in [-0.2, -0.15) is 0 Å². The average Bonchev–Trinajstić information content (AvgIpc) is 3.46. The Bertz CT molecular complexity index is 1540. The first-order valence-electron chi connectivity index (χ1n) is 34.4. The van der Waals surface area contributed by atoms with Gasteiger partial charge in [-0.15, -0.1) is 0 Å². The molecular formula is C75H130O5. The molecule has 0 aliphatic carbocycles. The minimum absolute atomic E-state index is 0.0676. The SMILES string of the molecule is CC/C=C\C/C=C\C/C=C\C/C=C\C/C=C\C/C=C\C/C=C\C/C=C\CCCCCCCCCCCCCCC(=O)OC(CO)COC(=O)CCCCCCCCCCCCCCCCCCC/C=C\CCCCCCCCCC. The largest absolute Gasteiger partial charge is 0.462 e. The number of hydrogen-bond acceptors (Lipinski definition) is 5. The van der Waals surface area contributed by atoms with Crippen molar-refractivity contribution >= 4 is 11.9 Å². The molecule has 0 aromatic rings. The molecule has 5 nitrogen and oxygen atoms in total. The van der Waals surface area contributed by atoms with Gasteiger partial charge >= 0.3 is 11.9 Å². The molecule has 0 radical (unpaired) electrons. The van der Waals surface area contributed by atoms with E-state index in [4.69, 9.17) is 9.47 Å². The molecule has 1 atom stereocenters. The zero-order valence-corrected chi connectivity index (χ0v) is 52.8. The number of allylic oxidation sites excluding steroid dienone is 18. The van der Waals surface area contributed by atoms with E-state index >= 15 is 0 Å². The molecule has 0 saturated carbocycles. The van der Waals surface area contributed by atoms with Gasteiger partial charge < -0.3 is 14.6 Å². The Morgan fingerprint density at radius 1 is 0.300 bits per heavy atom. The lowest BCUT2D eigenvalue weighted by Crippen LogP contribution is -2.28. The van der Waals surface area contributed by atoms with Crippen molar-refractivity contribution in [3.8, 4) is 0 Å². The van der Waals surface area contributed by atoms with Crippen LogP contribution in [0.15, 0.2) is 109 Å². The van der Waals surface area contributed by atoms with E-state index < -0.39 is 6.10 Å². The van der Waals surface area contributed by atoms with Gasteiger partial charge in [0.05, 0.1) is 6.61 Å². The molecule has 0 aliphatic heterocycles. The minimum atomic E-state index is -0.779. The van der Waals surface area contributed by atoms with Gasteiger partial charge in [0.1, 0.15) is 6.61 Å². The predicted molar refractivity (Wildman–Crippen MR) is 352 cm³/mol.